The summed E-state index contributed by atoms with van der Waals surface area (Å²) >= 11 is 0. The molecule has 1 aliphatic heterocycles. The van der Waals surface area contributed by atoms with Gasteiger partial charge in [0.2, 0.25) is 0 Å². The number of halogens is 3. The summed E-state index contributed by atoms with van der Waals surface area (Å²) in [6.45, 7) is 0.928. The zero-order valence-electron chi connectivity index (χ0n) is 9.69. The zero-order chi connectivity index (χ0) is 11.9. The van der Waals surface area contributed by atoms with E-state index in [0.29, 0.717) is 18.9 Å². The zero-order valence-corrected chi connectivity index (χ0v) is 9.69. The molecule has 96 valence electrons. The lowest BCUT2D eigenvalue weighted by atomic mass is 10.1. The van der Waals surface area contributed by atoms with Crippen molar-refractivity contribution in [3.05, 3.63) is 0 Å². The first-order valence-corrected chi connectivity index (χ1v) is 6.26. The second kappa shape index (κ2) is 7.15. The Morgan fingerprint density at radius 3 is 1.88 bits per heavy atom. The van der Waals surface area contributed by atoms with E-state index in [9.17, 15) is 13.2 Å². The van der Waals surface area contributed by atoms with Gasteiger partial charge in [0.05, 0.1) is 12.7 Å². The first-order chi connectivity index (χ1) is 7.58. The van der Waals surface area contributed by atoms with E-state index in [-0.39, 0.29) is 0 Å². The first-order valence-electron chi connectivity index (χ1n) is 6.26. The van der Waals surface area contributed by atoms with Gasteiger partial charge in [-0.2, -0.15) is 13.2 Å². The Bertz CT molecular complexity index is 176. The van der Waals surface area contributed by atoms with Gasteiger partial charge in [0.15, 0.2) is 0 Å². The molecule has 1 heterocycles. The van der Waals surface area contributed by atoms with Crippen LogP contribution in [0.15, 0.2) is 0 Å². The molecule has 0 N–H and O–H groups in total. The first kappa shape index (κ1) is 13.8. The van der Waals surface area contributed by atoms with Crippen LogP contribution in [-0.4, -0.2) is 18.9 Å². The molecule has 4 heteroatoms. The van der Waals surface area contributed by atoms with Crippen LogP contribution < -0.4 is 0 Å². The molecule has 1 fully saturated rings. The molecule has 1 nitrogen and oxygen atoms in total. The lowest BCUT2D eigenvalue weighted by Crippen LogP contribution is -2.06. The highest BCUT2D eigenvalue weighted by molar-refractivity contribution is 4.68. The van der Waals surface area contributed by atoms with Crippen molar-refractivity contribution in [1.82, 2.24) is 0 Å². The van der Waals surface area contributed by atoms with Gasteiger partial charge in [-0.05, 0) is 12.8 Å². The molecule has 0 saturated carbocycles. The monoisotopic (exact) mass is 238 g/mol. The van der Waals surface area contributed by atoms with Crippen molar-refractivity contribution in [2.45, 2.75) is 70.1 Å². The molecular weight excluding hydrogens is 217 g/mol. The minimum absolute atomic E-state index is 0.291. The topological polar surface area (TPSA) is 12.5 Å². The van der Waals surface area contributed by atoms with Gasteiger partial charge in [-0.25, -0.2) is 0 Å². The fraction of sp³-hybridized carbons (Fsp3) is 1.00. The molecule has 1 atom stereocenters. The molecule has 1 rings (SSSR count). The average molecular weight is 238 g/mol. The summed E-state index contributed by atoms with van der Waals surface area (Å²) < 4.78 is 40.5. The molecular formula is C12H21F3O. The van der Waals surface area contributed by atoms with Crippen molar-refractivity contribution in [2.75, 3.05) is 6.61 Å². The van der Waals surface area contributed by atoms with E-state index in [2.05, 4.69) is 0 Å². The van der Waals surface area contributed by atoms with Crippen LogP contribution in [0.5, 0.6) is 0 Å². The van der Waals surface area contributed by atoms with Crippen LogP contribution in [0.1, 0.15) is 57.8 Å². The van der Waals surface area contributed by atoms with E-state index in [1.807, 2.05) is 0 Å². The quantitative estimate of drug-likeness (QED) is 0.427. The molecule has 0 aromatic heterocycles. The maximum absolute atomic E-state index is 11.8. The molecule has 0 radical (unpaired) electrons. The maximum Gasteiger partial charge on any atom is 0.389 e. The Labute approximate surface area is 95.4 Å². The molecule has 0 aliphatic carbocycles. The highest BCUT2D eigenvalue weighted by atomic mass is 19.4. The third kappa shape index (κ3) is 9.01. The van der Waals surface area contributed by atoms with Gasteiger partial charge in [-0.1, -0.05) is 38.5 Å². The molecule has 1 unspecified atom stereocenters. The van der Waals surface area contributed by atoms with Crippen LogP contribution >= 0.6 is 0 Å². The van der Waals surface area contributed by atoms with Crippen LogP contribution in [-0.2, 0) is 4.74 Å². The van der Waals surface area contributed by atoms with Crippen LogP contribution in [0.25, 0.3) is 0 Å². The van der Waals surface area contributed by atoms with Crippen LogP contribution in [0.4, 0.5) is 13.2 Å². The second-order valence-electron chi connectivity index (χ2n) is 4.58. The maximum atomic E-state index is 11.8. The fourth-order valence-electron chi connectivity index (χ4n) is 1.82. The standard InChI is InChI=1S/C12H21F3O/c13-12(14,15)9-7-5-3-1-2-4-6-8-11-10-16-11/h11H,1-10H2. The number of alkyl halides is 3. The third-order valence-electron chi connectivity index (χ3n) is 2.89. The summed E-state index contributed by atoms with van der Waals surface area (Å²) in [5.41, 5.74) is 0. The molecule has 0 spiro atoms. The predicted molar refractivity (Wildman–Crippen MR) is 57.3 cm³/mol. The smallest absolute Gasteiger partial charge is 0.373 e. The lowest BCUT2D eigenvalue weighted by Gasteiger charge is -2.05. The fourth-order valence-corrected chi connectivity index (χ4v) is 1.82. The summed E-state index contributed by atoms with van der Waals surface area (Å²) in [6, 6.07) is 0. The van der Waals surface area contributed by atoms with Gasteiger partial charge in [0.1, 0.15) is 0 Å². The molecule has 1 saturated heterocycles. The van der Waals surface area contributed by atoms with E-state index in [4.69, 9.17) is 4.74 Å². The number of hydrogen-bond donors (Lipinski definition) is 0. The Kier molecular flexibility index (Phi) is 6.17. The van der Waals surface area contributed by atoms with Crippen LogP contribution in [0, 0.1) is 0 Å². The minimum Gasteiger partial charge on any atom is -0.373 e. The van der Waals surface area contributed by atoms with E-state index >= 15 is 0 Å². The average Bonchev–Trinajstić information content (AvgIpc) is 2.97. The molecule has 16 heavy (non-hydrogen) atoms. The van der Waals surface area contributed by atoms with Crippen molar-refractivity contribution in [1.29, 1.82) is 0 Å². The Hall–Kier alpha value is -0.250. The summed E-state index contributed by atoms with van der Waals surface area (Å²) in [5, 5.41) is 0. The summed E-state index contributed by atoms with van der Waals surface area (Å²) in [7, 11) is 0. The van der Waals surface area contributed by atoms with Gasteiger partial charge in [0.25, 0.3) is 0 Å². The normalized spacial score (nSPS) is 20.1. The SMILES string of the molecule is FC(F)(F)CCCCCCCCCC1CO1. The Morgan fingerprint density at radius 2 is 1.38 bits per heavy atom. The van der Waals surface area contributed by atoms with Crippen molar-refractivity contribution >= 4 is 0 Å². The molecule has 0 bridgehead atoms. The minimum atomic E-state index is -3.97. The van der Waals surface area contributed by atoms with E-state index < -0.39 is 12.6 Å². The second-order valence-corrected chi connectivity index (χ2v) is 4.58. The largest absolute Gasteiger partial charge is 0.389 e. The molecule has 1 aliphatic rings. The number of epoxide rings is 1. The van der Waals surface area contributed by atoms with Crippen molar-refractivity contribution in [2.24, 2.45) is 0 Å². The van der Waals surface area contributed by atoms with Gasteiger partial charge in [-0.15, -0.1) is 0 Å². The molecule has 0 aromatic rings. The highest BCUT2D eigenvalue weighted by Gasteiger charge is 2.25. The van der Waals surface area contributed by atoms with E-state index in [1.54, 1.807) is 0 Å². The van der Waals surface area contributed by atoms with Crippen molar-refractivity contribution in [3.63, 3.8) is 0 Å². The highest BCUT2D eigenvalue weighted by Crippen LogP contribution is 2.23. The summed E-state index contributed by atoms with van der Waals surface area (Å²) in [4.78, 5) is 0. The third-order valence-corrected chi connectivity index (χ3v) is 2.89. The lowest BCUT2D eigenvalue weighted by molar-refractivity contribution is -0.135. The number of rotatable bonds is 9. The Balaban J connectivity index is 1.70. The summed E-state index contributed by atoms with van der Waals surface area (Å²) in [6.07, 6.45) is 3.66. The number of unbranched alkanes of at least 4 members (excludes halogenated alkanes) is 6. The van der Waals surface area contributed by atoms with Crippen molar-refractivity contribution < 1.29 is 17.9 Å². The Morgan fingerprint density at radius 1 is 0.875 bits per heavy atom. The molecule has 0 amide bonds. The van der Waals surface area contributed by atoms with Crippen LogP contribution in [0.2, 0.25) is 0 Å². The number of hydrogen-bond acceptors (Lipinski definition) is 1. The van der Waals surface area contributed by atoms with E-state index in [1.165, 1.54) is 12.8 Å². The predicted octanol–water partition coefficient (Wildman–Crippen LogP) is 4.46. The summed E-state index contributed by atoms with van der Waals surface area (Å²) in [5.74, 6) is 0. The van der Waals surface area contributed by atoms with E-state index in [0.717, 1.165) is 32.3 Å². The van der Waals surface area contributed by atoms with Gasteiger partial charge >= 0.3 is 6.18 Å². The van der Waals surface area contributed by atoms with Crippen LogP contribution in [0.3, 0.4) is 0 Å². The van der Waals surface area contributed by atoms with Crippen molar-refractivity contribution in [3.8, 4) is 0 Å². The molecule has 0 aromatic carbocycles. The van der Waals surface area contributed by atoms with Gasteiger partial charge in [0, 0.05) is 6.42 Å². The van der Waals surface area contributed by atoms with Gasteiger partial charge < -0.3 is 4.74 Å². The van der Waals surface area contributed by atoms with Gasteiger partial charge in [-0.3, -0.25) is 0 Å². The number of ether oxygens (including phenoxy) is 1.